The molecule has 0 saturated carbocycles. The number of nitrogens with zero attached hydrogens (tertiary/aromatic N) is 4. The largest absolute Gasteiger partial charge is 0.339 e. The fraction of sp³-hybridized carbons (Fsp3) is 0.304. The van der Waals surface area contributed by atoms with Crippen molar-refractivity contribution < 1.29 is 13.2 Å². The lowest BCUT2D eigenvalue weighted by Gasteiger charge is -2.35. The van der Waals surface area contributed by atoms with Gasteiger partial charge in [0.25, 0.3) is 0 Å². The van der Waals surface area contributed by atoms with Gasteiger partial charge in [-0.05, 0) is 31.2 Å². The van der Waals surface area contributed by atoms with Crippen LogP contribution in [0.2, 0.25) is 0 Å². The smallest absolute Gasteiger partial charge is 0.243 e. The van der Waals surface area contributed by atoms with Crippen LogP contribution in [0.1, 0.15) is 12.5 Å². The molecule has 3 aromatic rings. The van der Waals surface area contributed by atoms with E-state index in [-0.39, 0.29) is 11.2 Å². The lowest BCUT2D eigenvalue weighted by Crippen LogP contribution is -2.52. The first-order valence-corrected chi connectivity index (χ1v) is 13.0. The van der Waals surface area contributed by atoms with E-state index in [9.17, 15) is 13.2 Å². The van der Waals surface area contributed by atoms with Crippen molar-refractivity contribution in [1.82, 2.24) is 19.0 Å². The Morgan fingerprint density at radius 1 is 1.00 bits per heavy atom. The van der Waals surface area contributed by atoms with E-state index in [1.165, 1.54) is 4.31 Å². The monoisotopic (exact) mass is 470 g/mol. The molecule has 2 aromatic carbocycles. The molecule has 1 saturated heterocycles. The minimum atomic E-state index is -3.52. The summed E-state index contributed by atoms with van der Waals surface area (Å²) in [7, 11) is -3.52. The van der Waals surface area contributed by atoms with Crippen LogP contribution in [0.3, 0.4) is 0 Å². The standard InChI is InChI=1S/C23H26N4O3S2/c1-19(31-18-20-16-24-27(17-20)21-8-4-2-5-9-21)23(28)25-12-14-26(15-13-25)32(29,30)22-10-6-3-7-11-22/h2-11,16-17,19H,12-15,18H2,1H3. The predicted octanol–water partition coefficient (Wildman–Crippen LogP) is 3.03. The maximum absolute atomic E-state index is 12.9. The van der Waals surface area contributed by atoms with E-state index in [4.69, 9.17) is 0 Å². The van der Waals surface area contributed by atoms with E-state index < -0.39 is 10.0 Å². The number of hydrogen-bond acceptors (Lipinski definition) is 5. The quantitative estimate of drug-likeness (QED) is 0.531. The zero-order valence-corrected chi connectivity index (χ0v) is 19.5. The van der Waals surface area contributed by atoms with Gasteiger partial charge < -0.3 is 4.90 Å². The van der Waals surface area contributed by atoms with Gasteiger partial charge in [0.1, 0.15) is 0 Å². The van der Waals surface area contributed by atoms with E-state index in [1.54, 1.807) is 47.0 Å². The number of para-hydroxylation sites is 1. The predicted molar refractivity (Wildman–Crippen MR) is 126 cm³/mol. The number of rotatable bonds is 7. The number of thioether (sulfide) groups is 1. The van der Waals surface area contributed by atoms with Crippen molar-refractivity contribution in [3.8, 4) is 5.69 Å². The van der Waals surface area contributed by atoms with Gasteiger partial charge in [0.2, 0.25) is 15.9 Å². The van der Waals surface area contributed by atoms with E-state index in [0.717, 1.165) is 11.3 Å². The molecule has 0 N–H and O–H groups in total. The first-order valence-electron chi connectivity index (χ1n) is 10.5. The molecule has 1 atom stereocenters. The van der Waals surface area contributed by atoms with Gasteiger partial charge in [-0.1, -0.05) is 36.4 Å². The van der Waals surface area contributed by atoms with Gasteiger partial charge in [0.15, 0.2) is 0 Å². The van der Waals surface area contributed by atoms with Crippen LogP contribution in [0.5, 0.6) is 0 Å². The molecule has 7 nitrogen and oxygen atoms in total. The van der Waals surface area contributed by atoms with Crippen LogP contribution in [0, 0.1) is 0 Å². The molecule has 1 amide bonds. The summed E-state index contributed by atoms with van der Waals surface area (Å²) in [5.74, 6) is 0.726. The third-order valence-corrected chi connectivity index (χ3v) is 8.55. The van der Waals surface area contributed by atoms with Crippen molar-refractivity contribution in [1.29, 1.82) is 0 Å². The number of amides is 1. The summed E-state index contributed by atoms with van der Waals surface area (Å²) in [6.07, 6.45) is 3.80. The molecule has 9 heteroatoms. The average Bonchev–Trinajstić information content (AvgIpc) is 3.32. The summed E-state index contributed by atoms with van der Waals surface area (Å²) in [5.41, 5.74) is 2.05. The molecule has 32 heavy (non-hydrogen) atoms. The van der Waals surface area contributed by atoms with E-state index in [1.807, 2.05) is 54.3 Å². The number of carbonyl (C=O) groups is 1. The van der Waals surface area contributed by atoms with Crippen LogP contribution in [0.4, 0.5) is 0 Å². The first-order chi connectivity index (χ1) is 15.4. The molecule has 1 aromatic heterocycles. The van der Waals surface area contributed by atoms with Crippen molar-refractivity contribution in [3.05, 3.63) is 78.6 Å². The Labute approximate surface area is 193 Å². The Morgan fingerprint density at radius 3 is 2.28 bits per heavy atom. The molecule has 4 rings (SSSR count). The number of aromatic nitrogens is 2. The number of carbonyl (C=O) groups excluding carboxylic acids is 1. The Bertz CT molecular complexity index is 1140. The summed E-state index contributed by atoms with van der Waals surface area (Å²) in [5, 5.41) is 4.19. The van der Waals surface area contributed by atoms with E-state index in [2.05, 4.69) is 5.10 Å². The van der Waals surface area contributed by atoms with Gasteiger partial charge in [0.05, 0.1) is 22.0 Å². The first kappa shape index (κ1) is 22.6. The zero-order chi connectivity index (χ0) is 22.6. The van der Waals surface area contributed by atoms with Crippen molar-refractivity contribution in [2.45, 2.75) is 22.8 Å². The minimum Gasteiger partial charge on any atom is -0.339 e. The second kappa shape index (κ2) is 9.89. The topological polar surface area (TPSA) is 75.5 Å². The van der Waals surface area contributed by atoms with Gasteiger partial charge in [-0.15, -0.1) is 11.8 Å². The number of sulfonamides is 1. The molecule has 1 fully saturated rings. The minimum absolute atomic E-state index is 0.0437. The van der Waals surface area contributed by atoms with Gasteiger partial charge in [-0.3, -0.25) is 4.79 Å². The Balaban J connectivity index is 1.28. The lowest BCUT2D eigenvalue weighted by molar-refractivity contribution is -0.131. The van der Waals surface area contributed by atoms with Gasteiger partial charge >= 0.3 is 0 Å². The van der Waals surface area contributed by atoms with Crippen molar-refractivity contribution in [2.75, 3.05) is 26.2 Å². The van der Waals surface area contributed by atoms with Crippen molar-refractivity contribution in [2.24, 2.45) is 0 Å². The molecule has 0 aliphatic carbocycles. The summed E-state index contributed by atoms with van der Waals surface area (Å²) in [6, 6.07) is 18.3. The van der Waals surface area contributed by atoms with Crippen molar-refractivity contribution in [3.63, 3.8) is 0 Å². The second-order valence-electron chi connectivity index (χ2n) is 7.62. The van der Waals surface area contributed by atoms with Crippen LogP contribution < -0.4 is 0 Å². The summed E-state index contributed by atoms with van der Waals surface area (Å²) in [4.78, 5) is 14.9. The van der Waals surface area contributed by atoms with Crippen LogP contribution in [-0.4, -0.2) is 64.7 Å². The SMILES string of the molecule is CC(SCc1cnn(-c2ccccc2)c1)C(=O)N1CCN(S(=O)(=O)c2ccccc2)CC1. The highest BCUT2D eigenvalue weighted by atomic mass is 32.2. The lowest BCUT2D eigenvalue weighted by atomic mass is 10.3. The highest BCUT2D eigenvalue weighted by Crippen LogP contribution is 2.22. The zero-order valence-electron chi connectivity index (χ0n) is 17.9. The molecule has 1 unspecified atom stereocenters. The van der Waals surface area contributed by atoms with Gasteiger partial charge in [-0.25, -0.2) is 13.1 Å². The van der Waals surface area contributed by atoms with Crippen LogP contribution in [0.15, 0.2) is 78.0 Å². The summed E-state index contributed by atoms with van der Waals surface area (Å²) < 4.78 is 28.8. The fourth-order valence-corrected chi connectivity index (χ4v) is 5.92. The molecular weight excluding hydrogens is 444 g/mol. The normalized spacial score (nSPS) is 16.1. The third-order valence-electron chi connectivity index (χ3n) is 5.44. The molecule has 0 bridgehead atoms. The number of hydrogen-bond donors (Lipinski definition) is 0. The highest BCUT2D eigenvalue weighted by molar-refractivity contribution is 7.99. The maximum Gasteiger partial charge on any atom is 0.243 e. The van der Waals surface area contributed by atoms with Gasteiger partial charge in [0, 0.05) is 43.7 Å². The number of piperazine rings is 1. The molecule has 1 aliphatic rings. The van der Waals surface area contributed by atoms with Gasteiger partial charge in [-0.2, -0.15) is 9.40 Å². The summed E-state index contributed by atoms with van der Waals surface area (Å²) in [6.45, 7) is 3.33. The molecule has 168 valence electrons. The molecule has 1 aliphatic heterocycles. The average molecular weight is 471 g/mol. The van der Waals surface area contributed by atoms with Crippen molar-refractivity contribution >= 4 is 27.7 Å². The van der Waals surface area contributed by atoms with Crippen LogP contribution in [0.25, 0.3) is 5.69 Å². The molecule has 0 spiro atoms. The summed E-state index contributed by atoms with van der Waals surface area (Å²) >= 11 is 1.57. The highest BCUT2D eigenvalue weighted by Gasteiger charge is 2.31. The van der Waals surface area contributed by atoms with Crippen LogP contribution >= 0.6 is 11.8 Å². The Kier molecular flexibility index (Phi) is 6.98. The van der Waals surface area contributed by atoms with Crippen LogP contribution in [-0.2, 0) is 20.6 Å². The fourth-order valence-electron chi connectivity index (χ4n) is 3.60. The second-order valence-corrected chi connectivity index (χ2v) is 10.9. The maximum atomic E-state index is 12.9. The molecule has 0 radical (unpaired) electrons. The third kappa shape index (κ3) is 5.06. The van der Waals surface area contributed by atoms with E-state index in [0.29, 0.717) is 36.8 Å². The number of benzene rings is 2. The van der Waals surface area contributed by atoms with E-state index >= 15 is 0 Å². The molecule has 2 heterocycles. The Morgan fingerprint density at radius 2 is 1.62 bits per heavy atom. The molecular formula is C23H26N4O3S2. The Hall–Kier alpha value is -2.62.